The highest BCUT2D eigenvalue weighted by Crippen LogP contribution is 2.32. The van der Waals surface area contributed by atoms with Crippen molar-refractivity contribution in [3.63, 3.8) is 0 Å². The molecule has 0 bridgehead atoms. The van der Waals surface area contributed by atoms with Gasteiger partial charge in [-0.15, -0.1) is 0 Å². The van der Waals surface area contributed by atoms with Gasteiger partial charge in [0.05, 0.1) is 0 Å². The van der Waals surface area contributed by atoms with Crippen LogP contribution >= 0.6 is 0 Å². The summed E-state index contributed by atoms with van der Waals surface area (Å²) in [6, 6.07) is 6.05. The van der Waals surface area contributed by atoms with Crippen LogP contribution in [0.1, 0.15) is 38.3 Å². The summed E-state index contributed by atoms with van der Waals surface area (Å²) in [4.78, 5) is 10.4. The molecular weight excluding hydrogens is 186 g/mol. The first-order valence-electron chi connectivity index (χ1n) is 5.33. The van der Waals surface area contributed by atoms with E-state index in [0.29, 0.717) is 0 Å². The molecule has 1 aromatic rings. The first kappa shape index (κ1) is 11.8. The predicted molar refractivity (Wildman–Crippen MR) is 64.2 cm³/mol. The predicted octanol–water partition coefficient (Wildman–Crippen LogP) is 3.25. The van der Waals surface area contributed by atoms with Gasteiger partial charge in [-0.05, 0) is 36.0 Å². The van der Waals surface area contributed by atoms with E-state index in [4.69, 9.17) is 0 Å². The first-order valence-corrected chi connectivity index (χ1v) is 5.33. The van der Waals surface area contributed by atoms with E-state index >= 15 is 0 Å². The Morgan fingerprint density at radius 1 is 1.40 bits per heavy atom. The fourth-order valence-corrected chi connectivity index (χ4v) is 1.78. The van der Waals surface area contributed by atoms with Crippen molar-refractivity contribution < 1.29 is 4.79 Å². The molecule has 15 heavy (non-hydrogen) atoms. The summed E-state index contributed by atoms with van der Waals surface area (Å²) in [5, 5.41) is 2.73. The van der Waals surface area contributed by atoms with Crippen LogP contribution in [0.4, 0.5) is 5.69 Å². The molecule has 2 nitrogen and oxygen atoms in total. The van der Waals surface area contributed by atoms with Crippen molar-refractivity contribution in [2.45, 2.75) is 39.5 Å². The lowest BCUT2D eigenvalue weighted by molar-refractivity contribution is -0.105. The lowest BCUT2D eigenvalue weighted by Gasteiger charge is -2.26. The standard InChI is InChI=1S/C13H19NO/c1-5-13(3,4)11-7-6-8-12(10(11)2)14-9-15/h6-9H,5H2,1-4H3,(H,14,15). The van der Waals surface area contributed by atoms with Crippen LogP contribution in [-0.4, -0.2) is 6.41 Å². The van der Waals surface area contributed by atoms with Gasteiger partial charge in [0.15, 0.2) is 0 Å². The van der Waals surface area contributed by atoms with Gasteiger partial charge in [0, 0.05) is 5.69 Å². The average molecular weight is 205 g/mol. The highest BCUT2D eigenvalue weighted by atomic mass is 16.1. The van der Waals surface area contributed by atoms with Crippen LogP contribution in [0, 0.1) is 6.92 Å². The Bertz CT molecular complexity index is 356. The van der Waals surface area contributed by atoms with E-state index in [2.05, 4.69) is 39.1 Å². The van der Waals surface area contributed by atoms with Gasteiger partial charge >= 0.3 is 0 Å². The molecule has 0 aliphatic heterocycles. The van der Waals surface area contributed by atoms with E-state index in [1.165, 1.54) is 5.56 Å². The Hall–Kier alpha value is -1.31. The van der Waals surface area contributed by atoms with Crippen molar-refractivity contribution >= 4 is 12.1 Å². The Morgan fingerprint density at radius 3 is 2.60 bits per heavy atom. The zero-order chi connectivity index (χ0) is 11.5. The lowest BCUT2D eigenvalue weighted by Crippen LogP contribution is -2.17. The first-order chi connectivity index (χ1) is 7.03. The van der Waals surface area contributed by atoms with Gasteiger partial charge in [-0.2, -0.15) is 0 Å². The fraction of sp³-hybridized carbons (Fsp3) is 0.462. The number of carbonyl (C=O) groups excluding carboxylic acids is 1. The summed E-state index contributed by atoms with van der Waals surface area (Å²) in [5.41, 5.74) is 3.53. The van der Waals surface area contributed by atoms with E-state index in [0.717, 1.165) is 24.1 Å². The van der Waals surface area contributed by atoms with Crippen LogP contribution in [0.3, 0.4) is 0 Å². The van der Waals surface area contributed by atoms with Gasteiger partial charge in [0.2, 0.25) is 6.41 Å². The molecule has 0 unspecified atom stereocenters. The number of hydrogen-bond donors (Lipinski definition) is 1. The Kier molecular flexibility index (Phi) is 3.51. The number of rotatable bonds is 4. The summed E-state index contributed by atoms with van der Waals surface area (Å²) in [6.07, 6.45) is 1.81. The van der Waals surface area contributed by atoms with E-state index in [1.54, 1.807) is 0 Å². The van der Waals surface area contributed by atoms with Gasteiger partial charge in [0.25, 0.3) is 0 Å². The normalized spacial score (nSPS) is 11.2. The van der Waals surface area contributed by atoms with Crippen molar-refractivity contribution in [1.82, 2.24) is 0 Å². The Labute approximate surface area is 91.7 Å². The minimum atomic E-state index is 0.157. The number of hydrogen-bond acceptors (Lipinski definition) is 1. The summed E-state index contributed by atoms with van der Waals surface area (Å²) >= 11 is 0. The summed E-state index contributed by atoms with van der Waals surface area (Å²) in [6.45, 7) is 8.68. The van der Waals surface area contributed by atoms with Crippen molar-refractivity contribution in [2.75, 3.05) is 5.32 Å². The second-order valence-corrected chi connectivity index (χ2v) is 4.48. The van der Waals surface area contributed by atoms with Crippen LogP contribution in [0.5, 0.6) is 0 Å². The molecule has 0 aromatic heterocycles. The molecule has 1 amide bonds. The molecule has 0 aliphatic carbocycles. The monoisotopic (exact) mass is 205 g/mol. The van der Waals surface area contributed by atoms with Gasteiger partial charge in [-0.1, -0.05) is 32.9 Å². The maximum atomic E-state index is 10.4. The van der Waals surface area contributed by atoms with E-state index in [1.807, 2.05) is 12.1 Å². The molecule has 0 atom stereocenters. The molecule has 1 N–H and O–H groups in total. The van der Waals surface area contributed by atoms with E-state index in [-0.39, 0.29) is 5.41 Å². The van der Waals surface area contributed by atoms with Crippen molar-refractivity contribution in [2.24, 2.45) is 0 Å². The maximum absolute atomic E-state index is 10.4. The molecule has 0 saturated carbocycles. The highest BCUT2D eigenvalue weighted by molar-refractivity contribution is 5.74. The highest BCUT2D eigenvalue weighted by Gasteiger charge is 2.20. The van der Waals surface area contributed by atoms with E-state index < -0.39 is 0 Å². The molecule has 1 aromatic carbocycles. The lowest BCUT2D eigenvalue weighted by atomic mass is 9.79. The van der Waals surface area contributed by atoms with Crippen LogP contribution in [0.2, 0.25) is 0 Å². The average Bonchev–Trinajstić information content (AvgIpc) is 2.21. The Morgan fingerprint density at radius 2 is 2.07 bits per heavy atom. The minimum Gasteiger partial charge on any atom is -0.328 e. The van der Waals surface area contributed by atoms with Crippen LogP contribution in [-0.2, 0) is 10.2 Å². The molecule has 1 rings (SSSR count). The quantitative estimate of drug-likeness (QED) is 0.751. The van der Waals surface area contributed by atoms with Gasteiger partial charge < -0.3 is 5.32 Å². The molecule has 82 valence electrons. The maximum Gasteiger partial charge on any atom is 0.211 e. The second kappa shape index (κ2) is 4.47. The second-order valence-electron chi connectivity index (χ2n) is 4.48. The molecule has 0 aliphatic rings. The minimum absolute atomic E-state index is 0.157. The van der Waals surface area contributed by atoms with Gasteiger partial charge in [-0.3, -0.25) is 4.79 Å². The number of carbonyl (C=O) groups is 1. The number of nitrogens with one attached hydrogen (secondary N) is 1. The van der Waals surface area contributed by atoms with Crippen molar-refractivity contribution in [3.05, 3.63) is 29.3 Å². The summed E-state index contributed by atoms with van der Waals surface area (Å²) in [5.74, 6) is 0. The number of amides is 1. The fourth-order valence-electron chi connectivity index (χ4n) is 1.78. The molecule has 2 heteroatoms. The molecular formula is C13H19NO. The van der Waals surface area contributed by atoms with E-state index in [9.17, 15) is 4.79 Å². The summed E-state index contributed by atoms with van der Waals surface area (Å²) < 4.78 is 0. The molecule has 0 heterocycles. The molecule has 0 spiro atoms. The number of benzene rings is 1. The smallest absolute Gasteiger partial charge is 0.211 e. The van der Waals surface area contributed by atoms with Gasteiger partial charge in [-0.25, -0.2) is 0 Å². The Balaban J connectivity index is 3.20. The van der Waals surface area contributed by atoms with Crippen molar-refractivity contribution in [3.8, 4) is 0 Å². The zero-order valence-corrected chi connectivity index (χ0v) is 9.92. The third-order valence-corrected chi connectivity index (χ3v) is 3.16. The van der Waals surface area contributed by atoms with Crippen molar-refractivity contribution in [1.29, 1.82) is 0 Å². The van der Waals surface area contributed by atoms with Crippen LogP contribution in [0.15, 0.2) is 18.2 Å². The SMILES string of the molecule is CCC(C)(C)c1cccc(NC=O)c1C. The largest absolute Gasteiger partial charge is 0.328 e. The third-order valence-electron chi connectivity index (χ3n) is 3.16. The summed E-state index contributed by atoms with van der Waals surface area (Å²) in [7, 11) is 0. The third kappa shape index (κ3) is 2.38. The number of anilines is 1. The molecule has 0 fully saturated rings. The zero-order valence-electron chi connectivity index (χ0n) is 9.92. The topological polar surface area (TPSA) is 29.1 Å². The van der Waals surface area contributed by atoms with Crippen LogP contribution in [0.25, 0.3) is 0 Å². The molecule has 0 saturated heterocycles. The van der Waals surface area contributed by atoms with Crippen LogP contribution < -0.4 is 5.32 Å². The molecule has 0 radical (unpaired) electrons. The van der Waals surface area contributed by atoms with Gasteiger partial charge in [0.1, 0.15) is 0 Å².